The fraction of sp³-hybridized carbons (Fsp3) is 1.00. The van der Waals surface area contributed by atoms with Crippen molar-refractivity contribution < 1.29 is 123 Å². The second-order valence-electron chi connectivity index (χ2n) is 9.01. The Bertz CT molecular complexity index is 1090. The summed E-state index contributed by atoms with van der Waals surface area (Å²) in [4.78, 5) is 0. The molecule has 242 valence electrons. The van der Waals surface area contributed by atoms with E-state index in [2.05, 4.69) is 0 Å². The van der Waals surface area contributed by atoms with E-state index in [1.165, 1.54) is 14.1 Å². The molecule has 0 saturated carbocycles. The van der Waals surface area contributed by atoms with E-state index in [9.17, 15) is 83.6 Å². The molecule has 25 heteroatoms. The molecule has 0 aromatic rings. The summed E-state index contributed by atoms with van der Waals surface area (Å²) in [6.07, 6.45) is -11.3. The van der Waals surface area contributed by atoms with Gasteiger partial charge in [0.15, 0.2) is 0 Å². The first-order valence-corrected chi connectivity index (χ1v) is 13.3. The van der Waals surface area contributed by atoms with Crippen LogP contribution < -0.4 is 29.6 Å². The van der Waals surface area contributed by atoms with Gasteiger partial charge in [-0.25, -0.2) is 16.8 Å². The van der Waals surface area contributed by atoms with Crippen molar-refractivity contribution in [3.05, 3.63) is 0 Å². The number of aliphatic hydroxyl groups is 2. The molecule has 0 aliphatic rings. The predicted octanol–water partition coefficient (Wildman–Crippen LogP) is -1.32. The van der Waals surface area contributed by atoms with Crippen LogP contribution in [0.5, 0.6) is 0 Å². The number of halogens is 13. The molecule has 0 rings (SSSR count). The molecular formula is C16H23F13N2NaO7S2+. The number of sulfonamides is 1. The van der Waals surface area contributed by atoms with Gasteiger partial charge >= 0.3 is 64.7 Å². The topological polar surface area (TPSA) is 135 Å². The molecule has 0 spiro atoms. The summed E-state index contributed by atoms with van der Waals surface area (Å²) in [5.41, 5.74) is 0. The minimum absolute atomic E-state index is 0. The van der Waals surface area contributed by atoms with Gasteiger partial charge in [0.25, 0.3) is 10.0 Å². The maximum Gasteiger partial charge on any atom is 1.00 e. The third-order valence-electron chi connectivity index (χ3n) is 5.26. The van der Waals surface area contributed by atoms with Gasteiger partial charge in [0.2, 0.25) is 0 Å². The number of quaternary nitrogens is 1. The van der Waals surface area contributed by atoms with Crippen molar-refractivity contribution in [3.8, 4) is 0 Å². The van der Waals surface area contributed by atoms with E-state index in [1.54, 1.807) is 0 Å². The summed E-state index contributed by atoms with van der Waals surface area (Å²) >= 11 is 0. The van der Waals surface area contributed by atoms with Gasteiger partial charge in [0, 0.05) is 19.5 Å². The van der Waals surface area contributed by atoms with Crippen molar-refractivity contribution in [2.75, 3.05) is 52.6 Å². The Labute approximate surface area is 246 Å². The third-order valence-corrected chi connectivity index (χ3v) is 7.96. The maximum absolute atomic E-state index is 14.5. The monoisotopic (exact) mass is 689 g/mol. The Hall–Kier alpha value is -0.210. The number of hydrogen-bond acceptors (Lipinski definition) is 7. The number of aliphatic hydroxyl groups excluding tert-OH is 2. The van der Waals surface area contributed by atoms with Gasteiger partial charge in [-0.15, -0.1) is 0 Å². The fourth-order valence-electron chi connectivity index (χ4n) is 2.97. The first-order valence-electron chi connectivity index (χ1n) is 10.3. The standard InChI is InChI=1S/C16H23F13N2O7S2.Na/c1-31(2,6-7-32)5-3-4-30(8-10(33)9-39(34,35)36)40(37,38)16(28,29)14(23,24)12(19,20)11(17,18)13(21,22)15(25,26)27;/h10,32-33H,3-9H2,1-2H3;/q;+1. The van der Waals surface area contributed by atoms with Gasteiger partial charge < -0.3 is 19.2 Å². The van der Waals surface area contributed by atoms with E-state index < -0.39 is 97.5 Å². The van der Waals surface area contributed by atoms with Crippen LogP contribution in [0.2, 0.25) is 0 Å². The summed E-state index contributed by atoms with van der Waals surface area (Å²) in [5, 5.41) is 10.9. The Balaban J connectivity index is 0. The van der Waals surface area contributed by atoms with E-state index in [0.29, 0.717) is 0 Å². The minimum atomic E-state index is -8.42. The van der Waals surface area contributed by atoms with E-state index >= 15 is 0 Å². The summed E-state index contributed by atoms with van der Waals surface area (Å²) < 4.78 is 230. The van der Waals surface area contributed by atoms with Crippen molar-refractivity contribution in [1.82, 2.24) is 4.31 Å². The van der Waals surface area contributed by atoms with Gasteiger partial charge in [0.05, 0.1) is 49.2 Å². The van der Waals surface area contributed by atoms with Gasteiger partial charge in [-0.3, -0.25) is 0 Å². The van der Waals surface area contributed by atoms with E-state index in [-0.39, 0.29) is 47.1 Å². The third kappa shape index (κ3) is 8.93. The molecule has 0 heterocycles. The molecule has 0 radical (unpaired) electrons. The van der Waals surface area contributed by atoms with Crippen LogP contribution in [0.1, 0.15) is 6.42 Å². The minimum Gasteiger partial charge on any atom is -0.748 e. The molecule has 1 unspecified atom stereocenters. The Kier molecular flexibility index (Phi) is 14.0. The van der Waals surface area contributed by atoms with Crippen molar-refractivity contribution in [2.45, 2.75) is 47.6 Å². The van der Waals surface area contributed by atoms with Crippen LogP contribution in [0.4, 0.5) is 57.1 Å². The first-order chi connectivity index (χ1) is 17.3. The van der Waals surface area contributed by atoms with Gasteiger partial charge in [0.1, 0.15) is 6.54 Å². The Morgan fingerprint density at radius 3 is 1.56 bits per heavy atom. The van der Waals surface area contributed by atoms with E-state index in [4.69, 9.17) is 5.11 Å². The quantitative estimate of drug-likeness (QED) is 0.0890. The molecule has 1 atom stereocenters. The number of nitrogens with zero attached hydrogens (tertiary/aromatic N) is 2. The van der Waals surface area contributed by atoms with E-state index in [0.717, 1.165) is 0 Å². The van der Waals surface area contributed by atoms with Crippen LogP contribution in [-0.2, 0) is 20.1 Å². The molecule has 0 amide bonds. The predicted molar refractivity (Wildman–Crippen MR) is 105 cm³/mol. The van der Waals surface area contributed by atoms with Crippen molar-refractivity contribution in [3.63, 3.8) is 0 Å². The molecular weight excluding hydrogens is 666 g/mol. The van der Waals surface area contributed by atoms with Gasteiger partial charge in [-0.1, -0.05) is 0 Å². The second-order valence-corrected chi connectivity index (χ2v) is 12.4. The van der Waals surface area contributed by atoms with Crippen molar-refractivity contribution >= 4 is 20.1 Å². The SMILES string of the molecule is C[N+](C)(CCO)CCCN(CC(O)CS(=O)(=O)[O-])S(=O)(=O)C(F)(F)C(F)(F)C(F)(F)C(F)(F)C(F)(F)C(F)(F)F.[Na+]. The molecule has 0 fully saturated rings. The molecule has 0 aromatic heterocycles. The fourth-order valence-corrected chi connectivity index (χ4v) is 5.06. The summed E-state index contributed by atoms with van der Waals surface area (Å²) in [6.45, 7) is -4.60. The molecule has 0 aliphatic carbocycles. The summed E-state index contributed by atoms with van der Waals surface area (Å²) in [7, 11) is -10.4. The van der Waals surface area contributed by atoms with Crippen LogP contribution in [0, 0.1) is 0 Å². The first kappa shape index (κ1) is 42.9. The summed E-state index contributed by atoms with van der Waals surface area (Å²) in [5.74, 6) is -35.1. The molecule has 2 N–H and O–H groups in total. The second kappa shape index (κ2) is 13.4. The van der Waals surface area contributed by atoms with Crippen LogP contribution >= 0.6 is 0 Å². The number of hydrogen-bond donors (Lipinski definition) is 2. The molecule has 0 bridgehead atoms. The van der Waals surface area contributed by atoms with Gasteiger partial charge in [-0.2, -0.15) is 61.4 Å². The molecule has 0 aromatic carbocycles. The zero-order valence-corrected chi connectivity index (χ0v) is 24.7. The molecule has 0 aliphatic heterocycles. The average molecular weight is 689 g/mol. The molecule has 9 nitrogen and oxygen atoms in total. The average Bonchev–Trinajstić information content (AvgIpc) is 2.69. The molecule has 0 saturated heterocycles. The number of likely N-dealkylation sites (N-methyl/N-ethyl adjacent to an activating group) is 1. The Morgan fingerprint density at radius 2 is 1.20 bits per heavy atom. The Morgan fingerprint density at radius 1 is 0.780 bits per heavy atom. The van der Waals surface area contributed by atoms with Crippen LogP contribution in [0.15, 0.2) is 0 Å². The molecule has 41 heavy (non-hydrogen) atoms. The largest absolute Gasteiger partial charge is 1.00 e. The van der Waals surface area contributed by atoms with Crippen LogP contribution in [0.3, 0.4) is 0 Å². The van der Waals surface area contributed by atoms with Gasteiger partial charge in [-0.05, 0) is 0 Å². The smallest absolute Gasteiger partial charge is 0.748 e. The summed E-state index contributed by atoms with van der Waals surface area (Å²) in [6, 6.07) is 0. The van der Waals surface area contributed by atoms with Crippen molar-refractivity contribution in [2.24, 2.45) is 0 Å². The van der Waals surface area contributed by atoms with Crippen LogP contribution in [-0.4, -0.2) is 134 Å². The van der Waals surface area contributed by atoms with E-state index in [1.807, 2.05) is 0 Å². The zero-order chi connectivity index (χ0) is 32.6. The number of alkyl halides is 13. The van der Waals surface area contributed by atoms with Crippen LogP contribution in [0.25, 0.3) is 0 Å². The van der Waals surface area contributed by atoms with Crippen molar-refractivity contribution in [1.29, 1.82) is 0 Å². The number of rotatable bonds is 16. The normalized spacial score (nSPS) is 16.1. The zero-order valence-electron chi connectivity index (χ0n) is 21.1. The maximum atomic E-state index is 14.5.